The molecule has 0 saturated heterocycles. The number of hydrogen-bond donors (Lipinski definition) is 1. The Kier molecular flexibility index (Phi) is 4.75. The standard InChI is InChI=1S/C29H22N2O6/c32-27(30-14-19-7-5-11-34-19)20-8-2-1-6-18(20)15-31-23-10-4-3-9-21(23)29(28(31)33)16-35-24-13-26-25(12-22(24)29)36-17-37-26/h1-13H,14-17H2,(H,30,32). The quantitative estimate of drug-likeness (QED) is 0.448. The van der Waals surface area contributed by atoms with Gasteiger partial charge in [0.2, 0.25) is 12.7 Å². The molecule has 0 bridgehead atoms. The van der Waals surface area contributed by atoms with Crippen molar-refractivity contribution < 1.29 is 28.2 Å². The summed E-state index contributed by atoms with van der Waals surface area (Å²) in [5, 5.41) is 2.90. The van der Waals surface area contributed by atoms with E-state index in [4.69, 9.17) is 18.6 Å². The predicted octanol–water partition coefficient (Wildman–Crippen LogP) is 4.16. The Morgan fingerprint density at radius 3 is 2.57 bits per heavy atom. The van der Waals surface area contributed by atoms with E-state index in [1.807, 2.05) is 48.5 Å². The van der Waals surface area contributed by atoms with Crippen molar-refractivity contribution in [1.29, 1.82) is 0 Å². The van der Waals surface area contributed by atoms with Crippen LogP contribution in [-0.2, 0) is 23.3 Å². The van der Waals surface area contributed by atoms with E-state index in [9.17, 15) is 9.59 Å². The summed E-state index contributed by atoms with van der Waals surface area (Å²) in [6, 6.07) is 22.3. The highest BCUT2D eigenvalue weighted by atomic mass is 16.7. The van der Waals surface area contributed by atoms with Crippen molar-refractivity contribution >= 4 is 17.5 Å². The van der Waals surface area contributed by atoms with E-state index < -0.39 is 5.41 Å². The van der Waals surface area contributed by atoms with Gasteiger partial charge >= 0.3 is 0 Å². The van der Waals surface area contributed by atoms with Crippen LogP contribution < -0.4 is 24.4 Å². The van der Waals surface area contributed by atoms with E-state index in [0.29, 0.717) is 28.6 Å². The van der Waals surface area contributed by atoms with Crippen molar-refractivity contribution in [2.75, 3.05) is 18.3 Å². The molecule has 1 atom stereocenters. The molecule has 3 aliphatic rings. The van der Waals surface area contributed by atoms with Crippen LogP contribution in [0.5, 0.6) is 17.2 Å². The summed E-state index contributed by atoms with van der Waals surface area (Å²) in [5.41, 5.74) is 2.69. The van der Waals surface area contributed by atoms with E-state index in [1.54, 1.807) is 35.4 Å². The number of nitrogens with one attached hydrogen (secondary N) is 1. The highest BCUT2D eigenvalue weighted by Gasteiger charge is 2.57. The van der Waals surface area contributed by atoms with Gasteiger partial charge in [-0.25, -0.2) is 0 Å². The minimum Gasteiger partial charge on any atom is -0.491 e. The molecular weight excluding hydrogens is 472 g/mol. The molecule has 8 nitrogen and oxygen atoms in total. The van der Waals surface area contributed by atoms with Gasteiger partial charge in [0.05, 0.1) is 19.4 Å². The van der Waals surface area contributed by atoms with Crippen LogP contribution in [0.3, 0.4) is 0 Å². The molecule has 2 amide bonds. The zero-order valence-electron chi connectivity index (χ0n) is 19.7. The van der Waals surface area contributed by atoms with Crippen LogP contribution >= 0.6 is 0 Å². The lowest BCUT2D eigenvalue weighted by Gasteiger charge is -2.24. The first-order valence-corrected chi connectivity index (χ1v) is 12.0. The fraction of sp³-hybridized carbons (Fsp3) is 0.172. The Morgan fingerprint density at radius 1 is 0.892 bits per heavy atom. The third-order valence-electron chi connectivity index (χ3n) is 7.24. The molecule has 1 unspecified atom stereocenters. The highest BCUT2D eigenvalue weighted by molar-refractivity contribution is 6.11. The number of rotatable bonds is 5. The minimum absolute atomic E-state index is 0.0999. The normalized spacial score (nSPS) is 18.6. The second-order valence-electron chi connectivity index (χ2n) is 9.22. The van der Waals surface area contributed by atoms with Gasteiger partial charge in [-0.15, -0.1) is 0 Å². The summed E-state index contributed by atoms with van der Waals surface area (Å²) in [4.78, 5) is 29.1. The smallest absolute Gasteiger partial charge is 0.252 e. The molecule has 0 aliphatic carbocycles. The number of benzene rings is 3. The third kappa shape index (κ3) is 3.22. The maximum Gasteiger partial charge on any atom is 0.252 e. The van der Waals surface area contributed by atoms with Gasteiger partial charge in [-0.1, -0.05) is 36.4 Å². The van der Waals surface area contributed by atoms with Crippen LogP contribution in [0.1, 0.15) is 32.8 Å². The lowest BCUT2D eigenvalue weighted by molar-refractivity contribution is -0.122. The molecule has 0 fully saturated rings. The molecule has 1 spiro atoms. The largest absolute Gasteiger partial charge is 0.491 e. The number of anilines is 1. The maximum absolute atomic E-state index is 14.3. The van der Waals surface area contributed by atoms with Crippen LogP contribution in [-0.4, -0.2) is 25.2 Å². The van der Waals surface area contributed by atoms with Gasteiger partial charge in [0.15, 0.2) is 11.5 Å². The average molecular weight is 495 g/mol. The summed E-state index contributed by atoms with van der Waals surface area (Å²) < 4.78 is 22.5. The summed E-state index contributed by atoms with van der Waals surface area (Å²) in [5.74, 6) is 2.16. The molecule has 3 aromatic carbocycles. The Morgan fingerprint density at radius 2 is 1.70 bits per heavy atom. The summed E-state index contributed by atoms with van der Waals surface area (Å²) >= 11 is 0. The van der Waals surface area contributed by atoms with Crippen LogP contribution in [0.15, 0.2) is 83.5 Å². The van der Waals surface area contributed by atoms with Crippen LogP contribution in [0, 0.1) is 0 Å². The SMILES string of the molecule is O=C(NCc1ccco1)c1ccccc1CN1C(=O)C2(COc3cc4c(cc32)OCO4)c2ccccc21. The van der Waals surface area contributed by atoms with E-state index in [1.165, 1.54) is 0 Å². The summed E-state index contributed by atoms with van der Waals surface area (Å²) in [7, 11) is 0. The first kappa shape index (κ1) is 21.6. The Bertz CT molecular complexity index is 1550. The van der Waals surface area contributed by atoms with E-state index in [0.717, 1.165) is 22.4 Å². The second kappa shape index (κ2) is 8.16. The van der Waals surface area contributed by atoms with E-state index in [2.05, 4.69) is 5.32 Å². The van der Waals surface area contributed by atoms with Gasteiger partial charge < -0.3 is 28.8 Å². The van der Waals surface area contributed by atoms with Crippen LogP contribution in [0.25, 0.3) is 0 Å². The molecule has 7 rings (SSSR count). The monoisotopic (exact) mass is 494 g/mol. The van der Waals surface area contributed by atoms with Crippen molar-refractivity contribution in [3.8, 4) is 17.2 Å². The highest BCUT2D eigenvalue weighted by Crippen LogP contribution is 2.55. The molecule has 1 N–H and O–H groups in total. The zero-order valence-corrected chi connectivity index (χ0v) is 19.7. The molecule has 1 aromatic heterocycles. The summed E-state index contributed by atoms with van der Waals surface area (Å²) in [6.07, 6.45) is 1.57. The number of carbonyl (C=O) groups is 2. The molecule has 8 heteroatoms. The van der Waals surface area contributed by atoms with Crippen LogP contribution in [0.2, 0.25) is 0 Å². The molecule has 3 aliphatic heterocycles. The Hall–Kier alpha value is -4.72. The number of nitrogens with zero attached hydrogens (tertiary/aromatic N) is 1. The van der Waals surface area contributed by atoms with Gasteiger partial charge in [0.25, 0.3) is 5.91 Å². The number of fused-ring (bicyclic) bond motifs is 5. The topological polar surface area (TPSA) is 90.2 Å². The second-order valence-corrected chi connectivity index (χ2v) is 9.22. The Balaban J connectivity index is 1.24. The molecule has 0 saturated carbocycles. The van der Waals surface area contributed by atoms with Gasteiger partial charge in [-0.05, 0) is 41.5 Å². The van der Waals surface area contributed by atoms with E-state index in [-0.39, 0.29) is 38.3 Å². The molecule has 37 heavy (non-hydrogen) atoms. The van der Waals surface area contributed by atoms with Crippen molar-refractivity contribution in [3.63, 3.8) is 0 Å². The number of carbonyl (C=O) groups excluding carboxylic acids is 2. The fourth-order valence-electron chi connectivity index (χ4n) is 5.45. The first-order valence-electron chi connectivity index (χ1n) is 12.0. The first-order chi connectivity index (χ1) is 18.1. The number of hydrogen-bond acceptors (Lipinski definition) is 6. The minimum atomic E-state index is -0.997. The van der Waals surface area contributed by atoms with Crippen molar-refractivity contribution in [3.05, 3.63) is 107 Å². The maximum atomic E-state index is 14.3. The van der Waals surface area contributed by atoms with Crippen molar-refractivity contribution in [2.24, 2.45) is 0 Å². The number of amides is 2. The fourth-order valence-corrected chi connectivity index (χ4v) is 5.45. The molecule has 0 radical (unpaired) electrons. The molecular formula is C29H22N2O6. The zero-order chi connectivity index (χ0) is 25.0. The molecule has 4 aromatic rings. The van der Waals surface area contributed by atoms with Gasteiger partial charge in [0.1, 0.15) is 23.5 Å². The van der Waals surface area contributed by atoms with Gasteiger partial charge in [0, 0.05) is 22.9 Å². The van der Waals surface area contributed by atoms with E-state index >= 15 is 0 Å². The van der Waals surface area contributed by atoms with Crippen LogP contribution in [0.4, 0.5) is 5.69 Å². The number of ether oxygens (including phenoxy) is 3. The van der Waals surface area contributed by atoms with Gasteiger partial charge in [-0.3, -0.25) is 9.59 Å². The lowest BCUT2D eigenvalue weighted by atomic mass is 9.77. The van der Waals surface area contributed by atoms with Gasteiger partial charge in [-0.2, -0.15) is 0 Å². The third-order valence-corrected chi connectivity index (χ3v) is 7.24. The predicted molar refractivity (Wildman–Crippen MR) is 133 cm³/mol. The molecule has 4 heterocycles. The summed E-state index contributed by atoms with van der Waals surface area (Å²) in [6.45, 7) is 0.838. The molecule has 184 valence electrons. The van der Waals surface area contributed by atoms with Crippen molar-refractivity contribution in [2.45, 2.75) is 18.5 Å². The van der Waals surface area contributed by atoms with Crippen molar-refractivity contribution in [1.82, 2.24) is 5.32 Å². The average Bonchev–Trinajstić information content (AvgIpc) is 3.72. The lowest BCUT2D eigenvalue weighted by Crippen LogP contribution is -2.42. The Labute approximate surface area is 212 Å². The number of furan rings is 1. The number of para-hydroxylation sites is 1.